The zero-order chi connectivity index (χ0) is 13.9. The minimum Gasteiger partial charge on any atom is -0.464 e. The van der Waals surface area contributed by atoms with Gasteiger partial charge in [-0.15, -0.1) is 0 Å². The molecule has 0 spiro atoms. The van der Waals surface area contributed by atoms with Crippen LogP contribution in [-0.4, -0.2) is 11.6 Å². The van der Waals surface area contributed by atoms with Crippen LogP contribution >= 0.6 is 0 Å². The minimum absolute atomic E-state index is 0.531. The van der Waals surface area contributed by atoms with Crippen molar-refractivity contribution in [3.8, 4) is 5.95 Å². The average molecular weight is 267 g/mol. The summed E-state index contributed by atoms with van der Waals surface area (Å²) in [4.78, 5) is 4.41. The number of oxazole rings is 1. The molecule has 0 saturated carbocycles. The molecule has 0 saturated heterocycles. The Kier molecular flexibility index (Phi) is 3.42. The third-order valence-corrected chi connectivity index (χ3v) is 3.24. The van der Waals surface area contributed by atoms with Crippen LogP contribution in [0.15, 0.2) is 46.9 Å². The van der Waals surface area contributed by atoms with Crippen molar-refractivity contribution in [1.29, 1.82) is 0 Å². The highest BCUT2D eigenvalue weighted by molar-refractivity contribution is 5.83. The number of hydrogen-bond acceptors (Lipinski definition) is 3. The van der Waals surface area contributed by atoms with E-state index in [-0.39, 0.29) is 0 Å². The van der Waals surface area contributed by atoms with E-state index >= 15 is 0 Å². The summed E-state index contributed by atoms with van der Waals surface area (Å²) < 4.78 is 11.0. The Labute approximate surface area is 118 Å². The summed E-state index contributed by atoms with van der Waals surface area (Å²) in [5.41, 5.74) is 2.00. The van der Waals surface area contributed by atoms with Crippen LogP contribution in [0, 0.1) is 6.92 Å². The van der Waals surface area contributed by atoms with Crippen LogP contribution < -0.4 is 4.74 Å². The first-order chi connectivity index (χ1) is 9.76. The van der Waals surface area contributed by atoms with Gasteiger partial charge in [-0.1, -0.05) is 42.5 Å². The molecule has 0 atom stereocenters. The lowest BCUT2D eigenvalue weighted by Gasteiger charge is -2.01. The van der Waals surface area contributed by atoms with Gasteiger partial charge in [-0.3, -0.25) is 0 Å². The maximum atomic E-state index is 5.64. The number of nitrogens with zero attached hydrogens (tertiary/aromatic N) is 1. The second-order valence-electron chi connectivity index (χ2n) is 4.77. The van der Waals surface area contributed by atoms with Gasteiger partial charge in [-0.2, -0.15) is 0 Å². The third kappa shape index (κ3) is 2.52. The van der Waals surface area contributed by atoms with Crippen molar-refractivity contribution in [2.45, 2.75) is 20.3 Å². The largest absolute Gasteiger partial charge is 0.464 e. The minimum atomic E-state index is 0.531. The lowest BCUT2D eigenvalue weighted by molar-refractivity contribution is 0.249. The lowest BCUT2D eigenvalue weighted by Crippen LogP contribution is -1.90. The van der Waals surface area contributed by atoms with Gasteiger partial charge in [0, 0.05) is 6.42 Å². The van der Waals surface area contributed by atoms with E-state index in [0.29, 0.717) is 24.9 Å². The van der Waals surface area contributed by atoms with E-state index in [1.54, 1.807) is 0 Å². The SMILES string of the molecule is CCOc1oc(Cc2ccc3ccccc3c2)nc1C. The molecular weight excluding hydrogens is 250 g/mol. The van der Waals surface area contributed by atoms with Gasteiger partial charge in [0.2, 0.25) is 5.89 Å². The van der Waals surface area contributed by atoms with Gasteiger partial charge in [-0.25, -0.2) is 4.98 Å². The molecule has 0 amide bonds. The van der Waals surface area contributed by atoms with E-state index < -0.39 is 0 Å². The summed E-state index contributed by atoms with van der Waals surface area (Å²) >= 11 is 0. The van der Waals surface area contributed by atoms with Crippen LogP contribution in [0.25, 0.3) is 10.8 Å². The van der Waals surface area contributed by atoms with Crippen LogP contribution in [0.3, 0.4) is 0 Å². The predicted octanol–water partition coefficient (Wildman–Crippen LogP) is 4.13. The molecule has 3 rings (SSSR count). The fourth-order valence-corrected chi connectivity index (χ4v) is 2.30. The fourth-order valence-electron chi connectivity index (χ4n) is 2.30. The smallest absolute Gasteiger partial charge is 0.308 e. The van der Waals surface area contributed by atoms with Crippen molar-refractivity contribution in [3.63, 3.8) is 0 Å². The van der Waals surface area contributed by atoms with Crippen molar-refractivity contribution in [1.82, 2.24) is 4.98 Å². The van der Waals surface area contributed by atoms with Gasteiger partial charge in [-0.05, 0) is 30.2 Å². The van der Waals surface area contributed by atoms with Crippen molar-refractivity contribution in [2.75, 3.05) is 6.61 Å². The number of aromatic nitrogens is 1. The first kappa shape index (κ1) is 12.7. The average Bonchev–Trinajstić information content (AvgIpc) is 2.79. The van der Waals surface area contributed by atoms with E-state index in [1.165, 1.54) is 16.3 Å². The second-order valence-corrected chi connectivity index (χ2v) is 4.77. The number of ether oxygens (including phenoxy) is 1. The van der Waals surface area contributed by atoms with Gasteiger partial charge in [0.1, 0.15) is 5.69 Å². The molecule has 0 aliphatic heterocycles. The summed E-state index contributed by atoms with van der Waals surface area (Å²) in [5, 5.41) is 2.48. The van der Waals surface area contributed by atoms with Gasteiger partial charge in [0.05, 0.1) is 6.61 Å². The van der Waals surface area contributed by atoms with Crippen LogP contribution in [0.2, 0.25) is 0 Å². The van der Waals surface area contributed by atoms with Gasteiger partial charge >= 0.3 is 5.95 Å². The molecule has 0 N–H and O–H groups in total. The van der Waals surface area contributed by atoms with E-state index in [0.717, 1.165) is 5.69 Å². The molecule has 102 valence electrons. The molecular formula is C17H17NO2. The Balaban J connectivity index is 1.87. The number of rotatable bonds is 4. The molecule has 3 aromatic rings. The van der Waals surface area contributed by atoms with Crippen LogP contribution in [0.4, 0.5) is 0 Å². The Morgan fingerprint density at radius 2 is 1.90 bits per heavy atom. The summed E-state index contributed by atoms with van der Waals surface area (Å²) in [6, 6.07) is 14.7. The lowest BCUT2D eigenvalue weighted by atomic mass is 10.1. The maximum Gasteiger partial charge on any atom is 0.308 e. The summed E-state index contributed by atoms with van der Waals surface area (Å²) in [7, 11) is 0. The van der Waals surface area contributed by atoms with E-state index in [9.17, 15) is 0 Å². The monoisotopic (exact) mass is 267 g/mol. The standard InChI is InChI=1S/C17H17NO2/c1-3-19-17-12(2)18-16(20-17)11-13-8-9-14-6-4-5-7-15(14)10-13/h4-10H,3,11H2,1-2H3. The summed E-state index contributed by atoms with van der Waals surface area (Å²) in [6.45, 7) is 4.43. The number of aryl methyl sites for hydroxylation is 1. The predicted molar refractivity (Wildman–Crippen MR) is 79.2 cm³/mol. The van der Waals surface area contributed by atoms with Gasteiger partial charge in [0.15, 0.2) is 0 Å². The highest BCUT2D eigenvalue weighted by Crippen LogP contribution is 2.22. The fraction of sp³-hybridized carbons (Fsp3) is 0.235. The molecule has 0 radical (unpaired) electrons. The quantitative estimate of drug-likeness (QED) is 0.713. The zero-order valence-electron chi connectivity index (χ0n) is 11.7. The van der Waals surface area contributed by atoms with E-state index in [2.05, 4.69) is 41.4 Å². The first-order valence-corrected chi connectivity index (χ1v) is 6.83. The molecule has 0 aliphatic rings. The van der Waals surface area contributed by atoms with E-state index in [1.807, 2.05) is 19.9 Å². The Morgan fingerprint density at radius 3 is 2.70 bits per heavy atom. The van der Waals surface area contributed by atoms with Crippen molar-refractivity contribution >= 4 is 10.8 Å². The number of benzene rings is 2. The number of hydrogen-bond donors (Lipinski definition) is 0. The van der Waals surface area contributed by atoms with Crippen LogP contribution in [0.5, 0.6) is 5.95 Å². The molecule has 20 heavy (non-hydrogen) atoms. The zero-order valence-corrected chi connectivity index (χ0v) is 11.7. The molecule has 3 heteroatoms. The molecule has 3 nitrogen and oxygen atoms in total. The summed E-state index contributed by atoms with van der Waals surface area (Å²) in [6.07, 6.45) is 0.679. The molecule has 0 fully saturated rings. The van der Waals surface area contributed by atoms with E-state index in [4.69, 9.17) is 9.15 Å². The van der Waals surface area contributed by atoms with Crippen LogP contribution in [-0.2, 0) is 6.42 Å². The molecule has 1 aromatic heterocycles. The van der Waals surface area contributed by atoms with Crippen LogP contribution in [0.1, 0.15) is 24.1 Å². The first-order valence-electron chi connectivity index (χ1n) is 6.83. The molecule has 0 bridgehead atoms. The van der Waals surface area contributed by atoms with Crippen molar-refractivity contribution in [3.05, 3.63) is 59.6 Å². The highest BCUT2D eigenvalue weighted by atomic mass is 16.6. The van der Waals surface area contributed by atoms with Crippen molar-refractivity contribution < 1.29 is 9.15 Å². The third-order valence-electron chi connectivity index (χ3n) is 3.24. The number of fused-ring (bicyclic) bond motifs is 1. The molecule has 0 aliphatic carbocycles. The highest BCUT2D eigenvalue weighted by Gasteiger charge is 2.11. The maximum absolute atomic E-state index is 5.64. The Morgan fingerprint density at radius 1 is 1.10 bits per heavy atom. The Hall–Kier alpha value is -2.29. The molecule has 2 aromatic carbocycles. The normalized spacial score (nSPS) is 10.9. The Bertz CT molecular complexity index is 731. The van der Waals surface area contributed by atoms with Gasteiger partial charge < -0.3 is 9.15 Å². The topological polar surface area (TPSA) is 35.3 Å². The molecule has 1 heterocycles. The van der Waals surface area contributed by atoms with Crippen molar-refractivity contribution in [2.24, 2.45) is 0 Å². The molecule has 0 unspecified atom stereocenters. The summed E-state index contributed by atoms with van der Waals surface area (Å²) in [5.74, 6) is 1.23. The second kappa shape index (κ2) is 5.37. The van der Waals surface area contributed by atoms with Gasteiger partial charge in [0.25, 0.3) is 0 Å².